The van der Waals surface area contributed by atoms with Gasteiger partial charge >= 0.3 is 5.69 Å². The maximum Gasteiger partial charge on any atom is 0.331 e. The molecular weight excluding hydrogens is 532 g/mol. The normalized spacial score (nSPS) is 12.0. The summed E-state index contributed by atoms with van der Waals surface area (Å²) in [5, 5.41) is 11.2. The molecule has 8 heteroatoms. The lowest BCUT2D eigenvalue weighted by Crippen LogP contribution is -2.42. The van der Waals surface area contributed by atoms with Gasteiger partial charge in [0.15, 0.2) is 0 Å². The summed E-state index contributed by atoms with van der Waals surface area (Å²) in [4.78, 5) is 25.5. The molecule has 0 saturated heterocycles. The van der Waals surface area contributed by atoms with Gasteiger partial charge in [-0.2, -0.15) is 0 Å². The van der Waals surface area contributed by atoms with Crippen LogP contribution in [0.4, 0.5) is 0 Å². The van der Waals surface area contributed by atoms with E-state index in [1.165, 1.54) is 21.4 Å². The number of hydrogen-bond acceptors (Lipinski definition) is 6. The van der Waals surface area contributed by atoms with Crippen LogP contribution in [0.25, 0.3) is 0 Å². The fourth-order valence-corrected chi connectivity index (χ4v) is 4.97. The van der Waals surface area contributed by atoms with Gasteiger partial charge in [-0.3, -0.25) is 13.9 Å². The van der Waals surface area contributed by atoms with Crippen LogP contribution in [0.3, 0.4) is 0 Å². The van der Waals surface area contributed by atoms with E-state index in [9.17, 15) is 14.7 Å². The maximum atomic E-state index is 13.1. The first-order chi connectivity index (χ1) is 20.4. The van der Waals surface area contributed by atoms with Crippen molar-refractivity contribution in [1.82, 2.24) is 9.13 Å². The van der Waals surface area contributed by atoms with Crippen molar-refractivity contribution in [1.29, 1.82) is 0 Å². The van der Waals surface area contributed by atoms with Crippen LogP contribution in [-0.4, -0.2) is 41.2 Å². The van der Waals surface area contributed by atoms with Gasteiger partial charge < -0.3 is 19.3 Å². The second-order valence-electron chi connectivity index (χ2n) is 9.87. The van der Waals surface area contributed by atoms with Crippen LogP contribution in [-0.2, 0) is 23.4 Å². The number of aromatic nitrogens is 2. The summed E-state index contributed by atoms with van der Waals surface area (Å²) in [6.07, 6.45) is 7.56. The number of unbranched alkanes of at least 4 members (excludes halogenated alkanes) is 2. The van der Waals surface area contributed by atoms with Crippen molar-refractivity contribution in [3.63, 3.8) is 0 Å². The van der Waals surface area contributed by atoms with Crippen molar-refractivity contribution < 1.29 is 19.3 Å². The molecule has 0 amide bonds. The number of hydrogen-bond donors (Lipinski definition) is 1. The van der Waals surface area contributed by atoms with Crippen LogP contribution in [0.5, 0.6) is 11.5 Å². The van der Waals surface area contributed by atoms with Gasteiger partial charge in [-0.15, -0.1) is 12.3 Å². The van der Waals surface area contributed by atoms with Gasteiger partial charge in [0.05, 0.1) is 33.5 Å². The Hall–Kier alpha value is -4.58. The standard InChI is InChI=1S/C34H36N2O6/c1-4-5-6-10-22-36-32(38)21-23-35(33(36)39)24-29(37)25-42-34(26-11-8-7-9-12-26,27-13-17-30(40-2)18-14-27)28-15-19-31(41-3)20-16-28/h1,7-9,11-21,23,29,37H,5-6,10,22,24-25H2,2-3H3. The van der Waals surface area contributed by atoms with Gasteiger partial charge in [0.1, 0.15) is 17.1 Å². The molecule has 1 aromatic heterocycles. The monoisotopic (exact) mass is 568 g/mol. The molecule has 218 valence electrons. The van der Waals surface area contributed by atoms with E-state index in [1.54, 1.807) is 14.2 Å². The maximum absolute atomic E-state index is 13.1. The van der Waals surface area contributed by atoms with E-state index in [2.05, 4.69) is 5.92 Å². The highest BCUT2D eigenvalue weighted by molar-refractivity contribution is 5.49. The smallest absolute Gasteiger partial charge is 0.331 e. The number of benzene rings is 3. The Balaban J connectivity index is 1.68. The Bertz CT molecular complexity index is 1540. The minimum absolute atomic E-state index is 0.0560. The lowest BCUT2D eigenvalue weighted by atomic mass is 9.80. The number of ether oxygens (including phenoxy) is 3. The van der Waals surface area contributed by atoms with Crippen molar-refractivity contribution in [3.05, 3.63) is 129 Å². The average molecular weight is 569 g/mol. The first kappa shape index (κ1) is 30.4. The predicted octanol–water partition coefficient (Wildman–Crippen LogP) is 4.20. The van der Waals surface area contributed by atoms with Crippen LogP contribution in [0.1, 0.15) is 36.0 Å². The van der Waals surface area contributed by atoms with E-state index in [1.807, 2.05) is 78.9 Å². The average Bonchev–Trinajstić information content (AvgIpc) is 3.03. The Morgan fingerprint density at radius 3 is 1.95 bits per heavy atom. The third kappa shape index (κ3) is 6.82. The van der Waals surface area contributed by atoms with Gasteiger partial charge in [0.2, 0.25) is 0 Å². The number of nitrogens with zero attached hydrogens (tertiary/aromatic N) is 2. The molecule has 1 heterocycles. The molecule has 0 aliphatic heterocycles. The van der Waals surface area contributed by atoms with Crippen LogP contribution in [0, 0.1) is 12.3 Å². The number of methoxy groups -OCH3 is 2. The molecule has 0 bridgehead atoms. The Labute approximate surface area is 245 Å². The number of rotatable bonds is 14. The molecule has 42 heavy (non-hydrogen) atoms. The van der Waals surface area contributed by atoms with E-state index in [4.69, 9.17) is 20.6 Å². The van der Waals surface area contributed by atoms with Crippen molar-refractivity contribution >= 4 is 0 Å². The van der Waals surface area contributed by atoms with Crippen LogP contribution in [0.2, 0.25) is 0 Å². The third-order valence-corrected chi connectivity index (χ3v) is 7.17. The predicted molar refractivity (Wildman–Crippen MR) is 162 cm³/mol. The second-order valence-corrected chi connectivity index (χ2v) is 9.87. The SMILES string of the molecule is C#CCCCCn1c(=O)ccn(CC(O)COC(c2ccccc2)(c2ccc(OC)cc2)c2ccc(OC)cc2)c1=O. The summed E-state index contributed by atoms with van der Waals surface area (Å²) < 4.78 is 20.0. The highest BCUT2D eigenvalue weighted by Gasteiger charge is 2.38. The van der Waals surface area contributed by atoms with Crippen molar-refractivity contribution in [2.24, 2.45) is 0 Å². The molecule has 0 radical (unpaired) electrons. The molecular formula is C34H36N2O6. The summed E-state index contributed by atoms with van der Waals surface area (Å²) in [7, 11) is 3.22. The molecule has 0 spiro atoms. The van der Waals surface area contributed by atoms with Crippen LogP contribution >= 0.6 is 0 Å². The largest absolute Gasteiger partial charge is 0.497 e. The molecule has 0 saturated carbocycles. The zero-order chi connectivity index (χ0) is 30.0. The summed E-state index contributed by atoms with van der Waals surface area (Å²) in [6, 6.07) is 26.3. The van der Waals surface area contributed by atoms with E-state index >= 15 is 0 Å². The topological polar surface area (TPSA) is 91.9 Å². The molecule has 4 aromatic rings. The van der Waals surface area contributed by atoms with Crippen LogP contribution < -0.4 is 20.7 Å². The molecule has 0 aliphatic carbocycles. The van der Waals surface area contributed by atoms with Crippen molar-refractivity contribution in [3.8, 4) is 23.8 Å². The minimum Gasteiger partial charge on any atom is -0.497 e. The van der Waals surface area contributed by atoms with E-state index < -0.39 is 17.4 Å². The molecule has 3 aromatic carbocycles. The van der Waals surface area contributed by atoms with Gasteiger partial charge in [0.25, 0.3) is 5.56 Å². The third-order valence-electron chi connectivity index (χ3n) is 7.17. The minimum atomic E-state index is -1.11. The molecule has 1 N–H and O–H groups in total. The van der Waals surface area contributed by atoms with Crippen molar-refractivity contribution in [2.75, 3.05) is 20.8 Å². The number of aliphatic hydroxyl groups excluding tert-OH is 1. The highest BCUT2D eigenvalue weighted by atomic mass is 16.5. The summed E-state index contributed by atoms with van der Waals surface area (Å²) in [6.45, 7) is 0.0963. The first-order valence-electron chi connectivity index (χ1n) is 13.8. The van der Waals surface area contributed by atoms with E-state index in [0.717, 1.165) is 16.7 Å². The number of aliphatic hydroxyl groups is 1. The second kappa shape index (κ2) is 14.4. The van der Waals surface area contributed by atoms with Gasteiger partial charge in [-0.1, -0.05) is 54.6 Å². The molecule has 0 aliphatic rings. The Morgan fingerprint density at radius 1 is 0.833 bits per heavy atom. The zero-order valence-electron chi connectivity index (χ0n) is 23.9. The Kier molecular flexibility index (Phi) is 10.4. The lowest BCUT2D eigenvalue weighted by Gasteiger charge is -2.36. The Morgan fingerprint density at radius 2 is 1.40 bits per heavy atom. The molecule has 1 unspecified atom stereocenters. The van der Waals surface area contributed by atoms with Crippen molar-refractivity contribution in [2.45, 2.75) is 44.1 Å². The molecule has 0 fully saturated rings. The quantitative estimate of drug-likeness (QED) is 0.139. The van der Waals surface area contributed by atoms with E-state index in [0.29, 0.717) is 30.8 Å². The molecule has 1 atom stereocenters. The van der Waals surface area contributed by atoms with Gasteiger partial charge in [-0.25, -0.2) is 4.79 Å². The molecule has 8 nitrogen and oxygen atoms in total. The summed E-state index contributed by atoms with van der Waals surface area (Å²) >= 11 is 0. The first-order valence-corrected chi connectivity index (χ1v) is 13.8. The van der Waals surface area contributed by atoms with Gasteiger partial charge in [-0.05, 0) is 53.8 Å². The lowest BCUT2D eigenvalue weighted by molar-refractivity contribution is -0.0427. The summed E-state index contributed by atoms with van der Waals surface area (Å²) in [5.74, 6) is 3.96. The van der Waals surface area contributed by atoms with Crippen LogP contribution in [0.15, 0.2) is 101 Å². The fourth-order valence-electron chi connectivity index (χ4n) is 4.97. The van der Waals surface area contributed by atoms with Gasteiger partial charge in [0, 0.05) is 25.2 Å². The summed E-state index contributed by atoms with van der Waals surface area (Å²) in [5.41, 5.74) is 0.521. The molecule has 4 rings (SSSR count). The number of terminal acetylenes is 1. The fraction of sp³-hybridized carbons (Fsp3) is 0.294. The van der Waals surface area contributed by atoms with E-state index in [-0.39, 0.29) is 25.3 Å². The zero-order valence-corrected chi connectivity index (χ0v) is 23.9. The highest BCUT2D eigenvalue weighted by Crippen LogP contribution is 2.41.